The van der Waals surface area contributed by atoms with Crippen LogP contribution < -0.4 is 10.2 Å². The van der Waals surface area contributed by atoms with E-state index in [0.717, 1.165) is 25.6 Å². The first-order valence-corrected chi connectivity index (χ1v) is 7.35. The molecule has 0 saturated carbocycles. The smallest absolute Gasteiger partial charge is 0.369 e. The van der Waals surface area contributed by atoms with E-state index in [2.05, 4.69) is 35.1 Å². The number of benzene rings is 1. The largest absolute Gasteiger partial charge is 0.416 e. The summed E-state index contributed by atoms with van der Waals surface area (Å²) in [5, 5.41) is 3.41. The third-order valence-corrected chi connectivity index (χ3v) is 4.08. The van der Waals surface area contributed by atoms with Crippen molar-refractivity contribution in [3.05, 3.63) is 28.2 Å². The monoisotopic (exact) mass is 350 g/mol. The van der Waals surface area contributed by atoms with Crippen molar-refractivity contribution in [3.63, 3.8) is 0 Å². The van der Waals surface area contributed by atoms with E-state index in [0.29, 0.717) is 16.7 Å². The highest BCUT2D eigenvalue weighted by Gasteiger charge is 2.32. The van der Waals surface area contributed by atoms with Crippen LogP contribution in [0.1, 0.15) is 25.8 Å². The Hall–Kier alpha value is -0.750. The molecule has 1 heterocycles. The highest BCUT2D eigenvalue weighted by atomic mass is 79.9. The molecule has 0 aliphatic carbocycles. The van der Waals surface area contributed by atoms with Crippen LogP contribution in [0.5, 0.6) is 0 Å². The summed E-state index contributed by atoms with van der Waals surface area (Å²) >= 11 is 3.37. The molecule has 0 spiro atoms. The van der Waals surface area contributed by atoms with Crippen LogP contribution in [0.25, 0.3) is 0 Å². The van der Waals surface area contributed by atoms with Gasteiger partial charge < -0.3 is 10.2 Å². The maximum Gasteiger partial charge on any atom is 0.416 e. The summed E-state index contributed by atoms with van der Waals surface area (Å²) in [6.45, 7) is 6.42. The lowest BCUT2D eigenvalue weighted by Crippen LogP contribution is -2.46. The van der Waals surface area contributed by atoms with Gasteiger partial charge in [0, 0.05) is 23.1 Å². The highest BCUT2D eigenvalue weighted by Crippen LogP contribution is 2.36. The Labute approximate surface area is 125 Å². The Morgan fingerprint density at radius 3 is 2.65 bits per heavy atom. The standard InChI is InChI=1S/C14H18BrF3N2/c1-13(2)9-20(7-3-6-19-13)12-8-10(14(16,17)18)4-5-11(12)15/h4-5,8,19H,3,6-7,9H2,1-2H3. The predicted molar refractivity (Wildman–Crippen MR) is 78.1 cm³/mol. The third kappa shape index (κ3) is 3.67. The minimum absolute atomic E-state index is 0.121. The third-order valence-electron chi connectivity index (χ3n) is 3.41. The lowest BCUT2D eigenvalue weighted by molar-refractivity contribution is -0.137. The number of halogens is 4. The normalized spacial score (nSPS) is 19.8. The second kappa shape index (κ2) is 5.56. The first kappa shape index (κ1) is 15.6. The molecule has 112 valence electrons. The van der Waals surface area contributed by atoms with Gasteiger partial charge in [-0.15, -0.1) is 0 Å². The van der Waals surface area contributed by atoms with Crippen molar-refractivity contribution in [1.29, 1.82) is 0 Å². The van der Waals surface area contributed by atoms with Crippen LogP contribution in [0.2, 0.25) is 0 Å². The topological polar surface area (TPSA) is 15.3 Å². The van der Waals surface area contributed by atoms with Crippen molar-refractivity contribution in [1.82, 2.24) is 5.32 Å². The van der Waals surface area contributed by atoms with E-state index in [1.807, 2.05) is 4.90 Å². The van der Waals surface area contributed by atoms with Gasteiger partial charge in [-0.2, -0.15) is 13.2 Å². The Balaban J connectivity index is 2.35. The molecule has 0 bridgehead atoms. The van der Waals surface area contributed by atoms with Crippen LogP contribution >= 0.6 is 15.9 Å². The fourth-order valence-corrected chi connectivity index (χ4v) is 2.94. The summed E-state index contributed by atoms with van der Waals surface area (Å²) in [6, 6.07) is 3.81. The minimum atomic E-state index is -4.31. The van der Waals surface area contributed by atoms with Crippen molar-refractivity contribution in [3.8, 4) is 0 Å². The quantitative estimate of drug-likeness (QED) is 0.821. The van der Waals surface area contributed by atoms with E-state index in [1.54, 1.807) is 0 Å². The van der Waals surface area contributed by atoms with Crippen LogP contribution in [-0.4, -0.2) is 25.2 Å². The number of hydrogen-bond donors (Lipinski definition) is 1. The molecule has 1 N–H and O–H groups in total. The van der Waals surface area contributed by atoms with Gasteiger partial charge in [0.15, 0.2) is 0 Å². The Morgan fingerprint density at radius 1 is 1.30 bits per heavy atom. The molecule has 0 amide bonds. The van der Waals surface area contributed by atoms with E-state index in [4.69, 9.17) is 0 Å². The van der Waals surface area contributed by atoms with Crippen LogP contribution in [0.4, 0.5) is 18.9 Å². The lowest BCUT2D eigenvalue weighted by atomic mass is 10.0. The average molecular weight is 351 g/mol. The molecule has 0 unspecified atom stereocenters. The van der Waals surface area contributed by atoms with Gasteiger partial charge in [0.05, 0.1) is 11.3 Å². The van der Waals surface area contributed by atoms with Crippen LogP contribution in [0, 0.1) is 0 Å². The number of alkyl halides is 3. The van der Waals surface area contributed by atoms with E-state index >= 15 is 0 Å². The number of nitrogens with one attached hydrogen (secondary N) is 1. The van der Waals surface area contributed by atoms with Gasteiger partial charge in [0.2, 0.25) is 0 Å². The van der Waals surface area contributed by atoms with Gasteiger partial charge >= 0.3 is 6.18 Å². The van der Waals surface area contributed by atoms with Crippen molar-refractivity contribution in [2.24, 2.45) is 0 Å². The average Bonchev–Trinajstić information content (AvgIpc) is 2.49. The second-order valence-electron chi connectivity index (χ2n) is 5.75. The number of nitrogens with zero attached hydrogens (tertiary/aromatic N) is 1. The van der Waals surface area contributed by atoms with Gasteiger partial charge in [-0.25, -0.2) is 0 Å². The second-order valence-corrected chi connectivity index (χ2v) is 6.60. The first-order valence-electron chi connectivity index (χ1n) is 6.56. The van der Waals surface area contributed by atoms with E-state index in [-0.39, 0.29) is 5.54 Å². The molecule has 1 fully saturated rings. The van der Waals surface area contributed by atoms with Crippen molar-refractivity contribution >= 4 is 21.6 Å². The summed E-state index contributed by atoms with van der Waals surface area (Å²) in [5.41, 5.74) is -0.119. The molecule has 2 rings (SSSR count). The molecule has 0 radical (unpaired) electrons. The number of rotatable bonds is 1. The zero-order valence-corrected chi connectivity index (χ0v) is 13.1. The molecular formula is C14H18BrF3N2. The summed E-state index contributed by atoms with van der Waals surface area (Å²) in [5.74, 6) is 0. The number of hydrogen-bond acceptors (Lipinski definition) is 2. The van der Waals surface area contributed by atoms with E-state index in [9.17, 15) is 13.2 Å². The van der Waals surface area contributed by atoms with Crippen LogP contribution in [0.15, 0.2) is 22.7 Å². The maximum absolute atomic E-state index is 12.9. The van der Waals surface area contributed by atoms with Gasteiger partial charge in [-0.1, -0.05) is 0 Å². The minimum Gasteiger partial charge on any atom is -0.369 e. The Morgan fingerprint density at radius 2 is 2.00 bits per heavy atom. The number of anilines is 1. The zero-order chi connectivity index (χ0) is 15.0. The summed E-state index contributed by atoms with van der Waals surface area (Å²) in [4.78, 5) is 2.01. The van der Waals surface area contributed by atoms with Crippen LogP contribution in [-0.2, 0) is 6.18 Å². The fraction of sp³-hybridized carbons (Fsp3) is 0.571. The summed E-state index contributed by atoms with van der Waals surface area (Å²) in [6.07, 6.45) is -3.40. The Bertz CT molecular complexity index is 486. The lowest BCUT2D eigenvalue weighted by Gasteiger charge is -2.32. The maximum atomic E-state index is 12.9. The molecular weight excluding hydrogens is 333 g/mol. The van der Waals surface area contributed by atoms with Gasteiger partial charge in [-0.3, -0.25) is 0 Å². The van der Waals surface area contributed by atoms with Crippen molar-refractivity contribution in [2.75, 3.05) is 24.5 Å². The molecule has 0 atom stereocenters. The predicted octanol–water partition coefficient (Wildman–Crippen LogP) is 4.05. The van der Waals surface area contributed by atoms with E-state index in [1.165, 1.54) is 12.1 Å². The SMILES string of the molecule is CC1(C)CN(c2cc(C(F)(F)F)ccc2Br)CCCN1. The molecule has 2 nitrogen and oxygen atoms in total. The fourth-order valence-electron chi connectivity index (χ4n) is 2.45. The summed E-state index contributed by atoms with van der Waals surface area (Å²) < 4.78 is 39.3. The van der Waals surface area contributed by atoms with Crippen molar-refractivity contribution < 1.29 is 13.2 Å². The van der Waals surface area contributed by atoms with Crippen LogP contribution in [0.3, 0.4) is 0 Å². The molecule has 20 heavy (non-hydrogen) atoms. The molecule has 6 heteroatoms. The molecule has 1 aliphatic rings. The van der Waals surface area contributed by atoms with E-state index < -0.39 is 11.7 Å². The molecule has 1 aromatic carbocycles. The first-order chi connectivity index (χ1) is 9.19. The Kier molecular flexibility index (Phi) is 4.35. The van der Waals surface area contributed by atoms with Gasteiger partial charge in [0.25, 0.3) is 0 Å². The molecule has 1 aromatic rings. The molecule has 0 aromatic heterocycles. The molecule has 1 aliphatic heterocycles. The van der Waals surface area contributed by atoms with Gasteiger partial charge in [-0.05, 0) is 60.9 Å². The van der Waals surface area contributed by atoms with Gasteiger partial charge in [0.1, 0.15) is 0 Å². The molecule has 1 saturated heterocycles. The zero-order valence-electron chi connectivity index (χ0n) is 11.5. The highest BCUT2D eigenvalue weighted by molar-refractivity contribution is 9.10. The van der Waals surface area contributed by atoms with Crippen molar-refractivity contribution in [2.45, 2.75) is 32.0 Å². The summed E-state index contributed by atoms with van der Waals surface area (Å²) in [7, 11) is 0.